The molecule has 0 amide bonds. The minimum atomic E-state index is 0.821. The molecule has 0 aliphatic heterocycles. The third kappa shape index (κ3) is 2.66. The van der Waals surface area contributed by atoms with Crippen LogP contribution in [0.15, 0.2) is 24.3 Å². The van der Waals surface area contributed by atoms with Gasteiger partial charge in [-0.25, -0.2) is 0 Å². The maximum absolute atomic E-state index is 5.87. The molecule has 3 unspecified atom stereocenters. The average molecular weight is 250 g/mol. The van der Waals surface area contributed by atoms with E-state index in [1.54, 1.807) is 0 Å². The van der Waals surface area contributed by atoms with Gasteiger partial charge in [-0.15, -0.1) is 0 Å². The summed E-state index contributed by atoms with van der Waals surface area (Å²) in [5, 5.41) is 4.43. The molecule has 0 spiro atoms. The summed E-state index contributed by atoms with van der Waals surface area (Å²) in [6.45, 7) is 2.18. The molecule has 0 aromatic heterocycles. The van der Waals surface area contributed by atoms with Crippen molar-refractivity contribution in [3.05, 3.63) is 34.9 Å². The van der Waals surface area contributed by atoms with Crippen LogP contribution in [0.2, 0.25) is 5.02 Å². The predicted molar refractivity (Wildman–Crippen MR) is 72.1 cm³/mol. The van der Waals surface area contributed by atoms with Gasteiger partial charge in [0.15, 0.2) is 0 Å². The summed E-state index contributed by atoms with van der Waals surface area (Å²) >= 11 is 5.87. The van der Waals surface area contributed by atoms with Gasteiger partial charge in [-0.2, -0.15) is 0 Å². The van der Waals surface area contributed by atoms with E-state index in [1.807, 2.05) is 12.1 Å². The molecule has 1 N–H and O–H groups in total. The zero-order valence-corrected chi connectivity index (χ0v) is 10.9. The van der Waals surface area contributed by atoms with Gasteiger partial charge < -0.3 is 5.32 Å². The Balaban J connectivity index is 1.45. The molecule has 1 aromatic carbocycles. The highest BCUT2D eigenvalue weighted by Gasteiger charge is 2.38. The van der Waals surface area contributed by atoms with Crippen molar-refractivity contribution < 1.29 is 0 Å². The van der Waals surface area contributed by atoms with Gasteiger partial charge in [0.2, 0.25) is 0 Å². The quantitative estimate of drug-likeness (QED) is 0.854. The molecule has 0 saturated heterocycles. The molecule has 1 nitrogen and oxygen atoms in total. The van der Waals surface area contributed by atoms with E-state index < -0.39 is 0 Å². The van der Waals surface area contributed by atoms with Crippen LogP contribution in [0.4, 0.5) is 0 Å². The minimum absolute atomic E-state index is 0.821. The van der Waals surface area contributed by atoms with Gasteiger partial charge in [0, 0.05) is 11.6 Å². The van der Waals surface area contributed by atoms with Gasteiger partial charge >= 0.3 is 0 Å². The van der Waals surface area contributed by atoms with E-state index in [1.165, 1.54) is 37.8 Å². The lowest BCUT2D eigenvalue weighted by Crippen LogP contribution is -2.26. The minimum Gasteiger partial charge on any atom is -0.312 e. The van der Waals surface area contributed by atoms with Crippen molar-refractivity contribution in [3.63, 3.8) is 0 Å². The Morgan fingerprint density at radius 2 is 1.94 bits per heavy atom. The summed E-state index contributed by atoms with van der Waals surface area (Å²) in [6.07, 6.45) is 5.96. The Labute approximate surface area is 109 Å². The highest BCUT2D eigenvalue weighted by Crippen LogP contribution is 2.47. The maximum atomic E-state index is 5.87. The molecule has 2 saturated carbocycles. The van der Waals surface area contributed by atoms with Gasteiger partial charge in [0.1, 0.15) is 0 Å². The summed E-state index contributed by atoms with van der Waals surface area (Å²) in [5.41, 5.74) is 1.33. The molecule has 2 aliphatic rings. The van der Waals surface area contributed by atoms with E-state index in [0.717, 1.165) is 29.3 Å². The zero-order valence-electron chi connectivity index (χ0n) is 10.2. The maximum Gasteiger partial charge on any atom is 0.0406 e. The lowest BCUT2D eigenvalue weighted by atomic mass is 9.89. The van der Waals surface area contributed by atoms with Crippen LogP contribution in [-0.4, -0.2) is 6.54 Å². The van der Waals surface area contributed by atoms with Crippen LogP contribution < -0.4 is 5.32 Å². The van der Waals surface area contributed by atoms with Crippen LogP contribution >= 0.6 is 11.6 Å². The van der Waals surface area contributed by atoms with Crippen molar-refractivity contribution in [2.45, 2.75) is 32.2 Å². The van der Waals surface area contributed by atoms with E-state index in [2.05, 4.69) is 17.4 Å². The van der Waals surface area contributed by atoms with Crippen molar-refractivity contribution >= 4 is 11.6 Å². The van der Waals surface area contributed by atoms with Gasteiger partial charge in [0.05, 0.1) is 0 Å². The summed E-state index contributed by atoms with van der Waals surface area (Å²) in [4.78, 5) is 0. The number of hydrogen-bond acceptors (Lipinski definition) is 1. The van der Waals surface area contributed by atoms with Gasteiger partial charge in [-0.05, 0) is 61.3 Å². The monoisotopic (exact) mass is 249 g/mol. The molecule has 0 heterocycles. The summed E-state index contributed by atoms with van der Waals surface area (Å²) < 4.78 is 0. The van der Waals surface area contributed by atoms with E-state index in [-0.39, 0.29) is 0 Å². The third-order valence-electron chi connectivity index (χ3n) is 4.53. The number of halogens is 1. The molecule has 2 heteroatoms. The van der Waals surface area contributed by atoms with Gasteiger partial charge in [-0.3, -0.25) is 0 Å². The predicted octanol–water partition coefficient (Wildman–Crippen LogP) is 3.87. The van der Waals surface area contributed by atoms with Crippen LogP contribution in [0.25, 0.3) is 0 Å². The van der Waals surface area contributed by atoms with Crippen molar-refractivity contribution in [3.8, 4) is 0 Å². The van der Waals surface area contributed by atoms with E-state index in [9.17, 15) is 0 Å². The van der Waals surface area contributed by atoms with Crippen LogP contribution in [-0.2, 0) is 6.54 Å². The molecular weight excluding hydrogens is 230 g/mol. The van der Waals surface area contributed by atoms with Gasteiger partial charge in [0.25, 0.3) is 0 Å². The van der Waals surface area contributed by atoms with Crippen molar-refractivity contribution in [1.29, 1.82) is 0 Å². The summed E-state index contributed by atoms with van der Waals surface area (Å²) in [5.74, 6) is 3.03. The first-order valence-electron chi connectivity index (χ1n) is 6.76. The number of hydrogen-bond donors (Lipinski definition) is 1. The Bertz CT molecular complexity index is 373. The molecule has 2 fully saturated rings. The molecule has 2 aliphatic carbocycles. The Morgan fingerprint density at radius 1 is 1.12 bits per heavy atom. The van der Waals surface area contributed by atoms with E-state index >= 15 is 0 Å². The molecule has 1 aromatic rings. The lowest BCUT2D eigenvalue weighted by Gasteiger charge is -2.21. The molecule has 17 heavy (non-hydrogen) atoms. The first kappa shape index (κ1) is 11.6. The Morgan fingerprint density at radius 3 is 2.59 bits per heavy atom. The van der Waals surface area contributed by atoms with Crippen LogP contribution in [0.5, 0.6) is 0 Å². The van der Waals surface area contributed by atoms with Crippen molar-refractivity contribution in [2.24, 2.45) is 17.8 Å². The Kier molecular flexibility index (Phi) is 3.39. The average Bonchev–Trinajstić information content (AvgIpc) is 2.94. The number of benzene rings is 1. The molecule has 0 radical (unpaired) electrons. The molecular formula is C15H20ClN. The lowest BCUT2D eigenvalue weighted by molar-refractivity contribution is 0.318. The normalized spacial score (nSPS) is 31.0. The first-order valence-corrected chi connectivity index (χ1v) is 7.14. The fraction of sp³-hybridized carbons (Fsp3) is 0.600. The number of nitrogens with one attached hydrogen (secondary N) is 1. The van der Waals surface area contributed by atoms with E-state index in [0.29, 0.717) is 0 Å². The SMILES string of the molecule is Clc1ccc(CNCC2CC3CCC2C3)cc1. The Hall–Kier alpha value is -0.530. The van der Waals surface area contributed by atoms with E-state index in [4.69, 9.17) is 11.6 Å². The first-order chi connectivity index (χ1) is 8.31. The van der Waals surface area contributed by atoms with Crippen LogP contribution in [0, 0.1) is 17.8 Å². The summed E-state index contributed by atoms with van der Waals surface area (Å²) in [6, 6.07) is 8.15. The molecule has 3 rings (SSSR count). The fourth-order valence-electron chi connectivity index (χ4n) is 3.63. The number of fused-ring (bicyclic) bond motifs is 2. The topological polar surface area (TPSA) is 12.0 Å². The van der Waals surface area contributed by atoms with Crippen LogP contribution in [0.1, 0.15) is 31.2 Å². The van der Waals surface area contributed by atoms with Gasteiger partial charge in [-0.1, -0.05) is 30.2 Å². The largest absolute Gasteiger partial charge is 0.312 e. The standard InChI is InChI=1S/C15H20ClN/c16-15-5-2-11(3-6-15)9-17-10-14-8-12-1-4-13(14)7-12/h2-3,5-6,12-14,17H,1,4,7-10H2. The van der Waals surface area contributed by atoms with Crippen molar-refractivity contribution in [2.75, 3.05) is 6.54 Å². The fourth-order valence-corrected chi connectivity index (χ4v) is 3.76. The molecule has 92 valence electrons. The molecule has 3 atom stereocenters. The van der Waals surface area contributed by atoms with Crippen molar-refractivity contribution in [1.82, 2.24) is 5.32 Å². The highest BCUT2D eigenvalue weighted by molar-refractivity contribution is 6.30. The second-order valence-electron chi connectivity index (χ2n) is 5.69. The zero-order chi connectivity index (χ0) is 11.7. The second-order valence-corrected chi connectivity index (χ2v) is 6.13. The van der Waals surface area contributed by atoms with Crippen LogP contribution in [0.3, 0.4) is 0 Å². The molecule has 2 bridgehead atoms. The number of rotatable bonds is 4. The summed E-state index contributed by atoms with van der Waals surface area (Å²) in [7, 11) is 0. The second kappa shape index (κ2) is 4.99. The third-order valence-corrected chi connectivity index (χ3v) is 4.79. The smallest absolute Gasteiger partial charge is 0.0406 e. The highest BCUT2D eigenvalue weighted by atomic mass is 35.5.